The van der Waals surface area contributed by atoms with Gasteiger partial charge in [0.2, 0.25) is 0 Å². The highest BCUT2D eigenvalue weighted by Gasteiger charge is 2.36. The molecule has 1 fully saturated rings. The molecule has 5 nitrogen and oxygen atoms in total. The molecule has 1 saturated heterocycles. The monoisotopic (exact) mass is 439 g/mol. The van der Waals surface area contributed by atoms with Crippen LogP contribution in [0.25, 0.3) is 11.0 Å². The number of benzene rings is 2. The molecule has 31 heavy (non-hydrogen) atoms. The second-order valence-corrected chi connectivity index (χ2v) is 11.2. The Balaban J connectivity index is 1.70. The number of aryl methyl sites for hydroxylation is 2. The fourth-order valence-electron chi connectivity index (χ4n) is 4.26. The number of carbonyl (C=O) groups is 1. The average molecular weight is 440 g/mol. The van der Waals surface area contributed by atoms with Crippen molar-refractivity contribution in [2.45, 2.75) is 52.6 Å². The van der Waals surface area contributed by atoms with E-state index in [2.05, 4.69) is 26.0 Å². The number of furan rings is 1. The topological polar surface area (TPSA) is 67.6 Å². The molecule has 0 bridgehead atoms. The molecule has 0 unspecified atom stereocenters. The average Bonchev–Trinajstić information content (AvgIpc) is 3.25. The van der Waals surface area contributed by atoms with E-state index in [9.17, 15) is 13.2 Å². The van der Waals surface area contributed by atoms with Crippen molar-refractivity contribution in [1.82, 2.24) is 4.90 Å². The zero-order chi connectivity index (χ0) is 22.3. The molecule has 2 heterocycles. The highest BCUT2D eigenvalue weighted by atomic mass is 32.2. The first-order chi connectivity index (χ1) is 14.6. The first kappa shape index (κ1) is 21.6. The van der Waals surface area contributed by atoms with Crippen molar-refractivity contribution in [1.29, 1.82) is 0 Å². The zero-order valence-electron chi connectivity index (χ0n) is 18.5. The van der Waals surface area contributed by atoms with Gasteiger partial charge in [-0.25, -0.2) is 8.42 Å². The molecule has 0 N–H and O–H groups in total. The number of sulfone groups is 1. The van der Waals surface area contributed by atoms with Gasteiger partial charge in [0.15, 0.2) is 15.6 Å². The standard InChI is InChI=1S/C25H29NO4S/c1-16(2)20-8-6-19(7-9-20)14-26(21-11-12-31(28,29)15-21)25(27)24-18(4)22-13-17(3)5-10-23(22)30-24/h5-10,13,16,21H,11-12,14-15H2,1-4H3/t21-/m1/s1. The van der Waals surface area contributed by atoms with E-state index in [0.717, 1.165) is 22.1 Å². The van der Waals surface area contributed by atoms with Crippen molar-refractivity contribution >= 4 is 26.7 Å². The maximum absolute atomic E-state index is 13.6. The molecule has 3 aromatic rings. The Morgan fingerprint density at radius 1 is 1.13 bits per heavy atom. The molecule has 1 aromatic heterocycles. The van der Waals surface area contributed by atoms with Crippen LogP contribution in [0.2, 0.25) is 0 Å². The zero-order valence-corrected chi connectivity index (χ0v) is 19.3. The van der Waals surface area contributed by atoms with E-state index in [-0.39, 0.29) is 23.5 Å². The Morgan fingerprint density at radius 3 is 2.45 bits per heavy atom. The van der Waals surface area contributed by atoms with Crippen LogP contribution in [-0.4, -0.2) is 36.8 Å². The number of rotatable bonds is 5. The van der Waals surface area contributed by atoms with Crippen molar-refractivity contribution in [3.05, 3.63) is 70.5 Å². The summed E-state index contributed by atoms with van der Waals surface area (Å²) in [6, 6.07) is 13.7. The fourth-order valence-corrected chi connectivity index (χ4v) is 5.99. The molecule has 1 amide bonds. The molecule has 4 rings (SSSR count). The summed E-state index contributed by atoms with van der Waals surface area (Å²) in [5, 5.41) is 0.920. The van der Waals surface area contributed by atoms with Gasteiger partial charge in [-0.15, -0.1) is 0 Å². The van der Waals surface area contributed by atoms with Crippen molar-refractivity contribution in [2.75, 3.05) is 11.5 Å². The number of fused-ring (bicyclic) bond motifs is 1. The largest absolute Gasteiger partial charge is 0.451 e. The smallest absolute Gasteiger partial charge is 0.290 e. The number of amides is 1. The van der Waals surface area contributed by atoms with Crippen molar-refractivity contribution in [3.8, 4) is 0 Å². The summed E-state index contributed by atoms with van der Waals surface area (Å²) in [7, 11) is -3.13. The second-order valence-electron chi connectivity index (χ2n) is 8.94. The molecule has 1 aliphatic heterocycles. The van der Waals surface area contributed by atoms with Gasteiger partial charge in [-0.3, -0.25) is 4.79 Å². The minimum Gasteiger partial charge on any atom is -0.451 e. The molecule has 1 atom stereocenters. The molecular formula is C25H29NO4S. The Morgan fingerprint density at radius 2 is 1.84 bits per heavy atom. The predicted molar refractivity (Wildman–Crippen MR) is 123 cm³/mol. The third-order valence-electron chi connectivity index (χ3n) is 6.20. The van der Waals surface area contributed by atoms with Crippen LogP contribution in [0.3, 0.4) is 0 Å². The number of hydrogen-bond donors (Lipinski definition) is 0. The lowest BCUT2D eigenvalue weighted by molar-refractivity contribution is 0.0649. The lowest BCUT2D eigenvalue weighted by Crippen LogP contribution is -2.40. The number of hydrogen-bond acceptors (Lipinski definition) is 4. The van der Waals surface area contributed by atoms with E-state index >= 15 is 0 Å². The van der Waals surface area contributed by atoms with Crippen LogP contribution in [0.15, 0.2) is 46.9 Å². The van der Waals surface area contributed by atoms with Crippen LogP contribution in [0.4, 0.5) is 0 Å². The van der Waals surface area contributed by atoms with Crippen LogP contribution in [0.5, 0.6) is 0 Å². The van der Waals surface area contributed by atoms with Gasteiger partial charge in [0.05, 0.1) is 11.5 Å². The van der Waals surface area contributed by atoms with Crippen LogP contribution >= 0.6 is 0 Å². The Bertz CT molecular complexity index is 1220. The van der Waals surface area contributed by atoms with Gasteiger partial charge < -0.3 is 9.32 Å². The van der Waals surface area contributed by atoms with Crippen LogP contribution in [0.1, 0.15) is 59.0 Å². The SMILES string of the molecule is Cc1ccc2oc(C(=O)N(Cc3ccc(C(C)C)cc3)[C@@H]3CCS(=O)(=O)C3)c(C)c2c1. The van der Waals surface area contributed by atoms with Gasteiger partial charge in [-0.2, -0.15) is 0 Å². The molecular weight excluding hydrogens is 410 g/mol. The molecule has 0 spiro atoms. The third-order valence-corrected chi connectivity index (χ3v) is 7.95. The van der Waals surface area contributed by atoms with Gasteiger partial charge >= 0.3 is 0 Å². The van der Waals surface area contributed by atoms with Crippen LogP contribution < -0.4 is 0 Å². The summed E-state index contributed by atoms with van der Waals surface area (Å²) >= 11 is 0. The third kappa shape index (κ3) is 4.40. The maximum Gasteiger partial charge on any atom is 0.290 e. The van der Waals surface area contributed by atoms with E-state index in [4.69, 9.17) is 4.42 Å². The van der Waals surface area contributed by atoms with E-state index in [1.165, 1.54) is 5.56 Å². The Hall–Kier alpha value is -2.60. The first-order valence-corrected chi connectivity index (χ1v) is 12.6. The molecule has 6 heteroatoms. The van der Waals surface area contributed by atoms with Gasteiger partial charge in [0, 0.05) is 23.5 Å². The summed E-state index contributed by atoms with van der Waals surface area (Å²) in [5.41, 5.74) is 4.77. The van der Waals surface area contributed by atoms with Gasteiger partial charge in [-0.05, 0) is 49.4 Å². The van der Waals surface area contributed by atoms with Crippen LogP contribution in [-0.2, 0) is 16.4 Å². The van der Waals surface area contributed by atoms with E-state index < -0.39 is 9.84 Å². The van der Waals surface area contributed by atoms with Crippen molar-refractivity contribution in [2.24, 2.45) is 0 Å². The van der Waals surface area contributed by atoms with E-state index in [1.807, 2.05) is 44.2 Å². The highest BCUT2D eigenvalue weighted by Crippen LogP contribution is 2.30. The fraction of sp³-hybridized carbons (Fsp3) is 0.400. The lowest BCUT2D eigenvalue weighted by Gasteiger charge is -2.28. The molecule has 2 aromatic carbocycles. The summed E-state index contributed by atoms with van der Waals surface area (Å²) in [4.78, 5) is 15.3. The lowest BCUT2D eigenvalue weighted by atomic mass is 10.0. The van der Waals surface area contributed by atoms with Crippen LogP contribution in [0, 0.1) is 13.8 Å². The second kappa shape index (κ2) is 8.15. The summed E-state index contributed by atoms with van der Waals surface area (Å²) in [5.74, 6) is 0.589. The normalized spacial score (nSPS) is 18.0. The highest BCUT2D eigenvalue weighted by molar-refractivity contribution is 7.91. The van der Waals surface area contributed by atoms with Crippen molar-refractivity contribution < 1.29 is 17.6 Å². The Labute approximate surface area is 184 Å². The first-order valence-electron chi connectivity index (χ1n) is 10.7. The maximum atomic E-state index is 13.6. The van der Waals surface area contributed by atoms with Gasteiger partial charge in [-0.1, -0.05) is 49.7 Å². The number of nitrogens with zero attached hydrogens (tertiary/aromatic N) is 1. The quantitative estimate of drug-likeness (QED) is 0.561. The number of carbonyl (C=O) groups excluding carboxylic acids is 1. The van der Waals surface area contributed by atoms with E-state index in [1.54, 1.807) is 4.90 Å². The van der Waals surface area contributed by atoms with E-state index in [0.29, 0.717) is 30.2 Å². The minimum atomic E-state index is -3.13. The molecule has 1 aliphatic rings. The summed E-state index contributed by atoms with van der Waals surface area (Å²) < 4.78 is 30.3. The van der Waals surface area contributed by atoms with Gasteiger partial charge in [0.25, 0.3) is 5.91 Å². The summed E-state index contributed by atoms with van der Waals surface area (Å²) in [6.07, 6.45) is 0.455. The molecule has 0 radical (unpaired) electrons. The molecule has 0 aliphatic carbocycles. The predicted octanol–water partition coefficient (Wildman–Crippen LogP) is 5.00. The van der Waals surface area contributed by atoms with Crippen molar-refractivity contribution in [3.63, 3.8) is 0 Å². The molecule has 164 valence electrons. The summed E-state index contributed by atoms with van der Waals surface area (Å²) in [6.45, 7) is 8.52. The van der Waals surface area contributed by atoms with Gasteiger partial charge in [0.1, 0.15) is 5.58 Å². The minimum absolute atomic E-state index is 0.00119. The Kier molecular flexibility index (Phi) is 5.69. The molecule has 0 saturated carbocycles.